The number of hydrogen-bond acceptors (Lipinski definition) is 6. The van der Waals surface area contributed by atoms with E-state index in [1.54, 1.807) is 36.0 Å². The summed E-state index contributed by atoms with van der Waals surface area (Å²) in [4.78, 5) is 31.3. The summed E-state index contributed by atoms with van der Waals surface area (Å²) in [5.74, 6) is 0.491. The molecule has 1 N–H and O–H groups in total. The molecule has 4 heterocycles. The third-order valence-corrected chi connectivity index (χ3v) is 5.09. The van der Waals surface area contributed by atoms with Crippen molar-refractivity contribution in [3.05, 3.63) is 78.1 Å². The second kappa shape index (κ2) is 8.06. The van der Waals surface area contributed by atoms with Gasteiger partial charge in [-0.1, -0.05) is 18.2 Å². The first-order chi connectivity index (χ1) is 13.7. The summed E-state index contributed by atoms with van der Waals surface area (Å²) < 4.78 is 0. The van der Waals surface area contributed by atoms with Gasteiger partial charge in [-0.2, -0.15) is 0 Å². The van der Waals surface area contributed by atoms with Crippen LogP contribution in [0.2, 0.25) is 0 Å². The smallest absolute Gasteiger partial charge is 0.232 e. The van der Waals surface area contributed by atoms with Crippen LogP contribution in [0.4, 0.5) is 5.82 Å². The molecule has 0 spiro atoms. The number of thiophene rings is 1. The molecule has 0 fully saturated rings. The molecule has 28 heavy (non-hydrogen) atoms. The van der Waals surface area contributed by atoms with Gasteiger partial charge >= 0.3 is 0 Å². The van der Waals surface area contributed by atoms with Crippen molar-refractivity contribution in [2.24, 2.45) is 0 Å². The molecule has 0 aromatic carbocycles. The predicted octanol–water partition coefficient (Wildman–Crippen LogP) is 4.40. The van der Waals surface area contributed by atoms with Gasteiger partial charge in [0.05, 0.1) is 22.2 Å². The van der Waals surface area contributed by atoms with E-state index in [0.717, 1.165) is 16.1 Å². The number of rotatable bonds is 5. The fourth-order valence-electron chi connectivity index (χ4n) is 2.69. The largest absolute Gasteiger partial charge is 0.310 e. The Hall–Kier alpha value is -3.45. The summed E-state index contributed by atoms with van der Waals surface area (Å²) in [6.45, 7) is 1.84. The number of nitrogens with zero attached hydrogens (tertiary/aromatic N) is 4. The topological polar surface area (TPSA) is 80.7 Å². The molecule has 0 aliphatic heterocycles. The molecule has 0 saturated carbocycles. The van der Waals surface area contributed by atoms with Crippen LogP contribution in [0.25, 0.3) is 22.1 Å². The Labute approximate surface area is 166 Å². The van der Waals surface area contributed by atoms with Crippen LogP contribution in [0.15, 0.2) is 72.5 Å². The Bertz CT molecular complexity index is 1070. The van der Waals surface area contributed by atoms with Gasteiger partial charge in [-0.25, -0.2) is 9.97 Å². The van der Waals surface area contributed by atoms with E-state index in [-0.39, 0.29) is 11.8 Å². The number of anilines is 1. The van der Waals surface area contributed by atoms with Crippen LogP contribution in [0.5, 0.6) is 0 Å². The quantitative estimate of drug-likeness (QED) is 0.549. The van der Waals surface area contributed by atoms with E-state index in [4.69, 9.17) is 0 Å². The highest BCUT2D eigenvalue weighted by molar-refractivity contribution is 7.13. The maximum Gasteiger partial charge on any atom is 0.232 e. The Morgan fingerprint density at radius 2 is 1.96 bits per heavy atom. The number of nitrogens with one attached hydrogen (secondary N) is 1. The Kier molecular flexibility index (Phi) is 5.16. The molecule has 4 aromatic rings. The van der Waals surface area contributed by atoms with Crippen molar-refractivity contribution >= 4 is 23.1 Å². The molecule has 1 atom stereocenters. The molecule has 0 aliphatic rings. The number of carbonyl (C=O) groups is 1. The highest BCUT2D eigenvalue weighted by atomic mass is 32.1. The molecular weight excluding hydrogens is 370 g/mol. The summed E-state index contributed by atoms with van der Waals surface area (Å²) in [7, 11) is 0. The predicted molar refractivity (Wildman–Crippen MR) is 110 cm³/mol. The van der Waals surface area contributed by atoms with Crippen LogP contribution in [0.1, 0.15) is 18.4 Å². The lowest BCUT2D eigenvalue weighted by molar-refractivity contribution is -0.117. The number of carbonyl (C=O) groups excluding carboxylic acids is 1. The molecule has 0 aliphatic carbocycles. The first kappa shape index (κ1) is 17.9. The maximum absolute atomic E-state index is 12.7. The molecule has 138 valence electrons. The summed E-state index contributed by atoms with van der Waals surface area (Å²) >= 11 is 1.54. The molecule has 0 saturated heterocycles. The first-order valence-corrected chi connectivity index (χ1v) is 9.64. The van der Waals surface area contributed by atoms with Crippen molar-refractivity contribution in [3.8, 4) is 22.1 Å². The van der Waals surface area contributed by atoms with Crippen LogP contribution in [0, 0.1) is 0 Å². The van der Waals surface area contributed by atoms with Crippen LogP contribution >= 0.6 is 11.3 Å². The maximum atomic E-state index is 12.7. The molecular formula is C21H17N5OS. The third kappa shape index (κ3) is 3.94. The lowest BCUT2D eigenvalue weighted by Gasteiger charge is -2.13. The van der Waals surface area contributed by atoms with Crippen molar-refractivity contribution in [1.29, 1.82) is 0 Å². The average Bonchev–Trinajstić information content (AvgIpc) is 3.29. The summed E-state index contributed by atoms with van der Waals surface area (Å²) in [6.07, 6.45) is 5.09. The molecule has 6 nitrogen and oxygen atoms in total. The van der Waals surface area contributed by atoms with Crippen molar-refractivity contribution in [3.63, 3.8) is 0 Å². The molecule has 1 unspecified atom stereocenters. The monoisotopic (exact) mass is 387 g/mol. The standard InChI is InChI=1S/C21H17N5OS/c1-14(15-6-4-9-22-13-15)21(27)26-19-12-17(16-7-2-3-10-23-16)24-20(25-19)18-8-5-11-28-18/h2-14H,1H3,(H,24,25,26,27). The lowest BCUT2D eigenvalue weighted by atomic mass is 10.0. The zero-order chi connectivity index (χ0) is 19.3. The van der Waals surface area contributed by atoms with Gasteiger partial charge in [-0.3, -0.25) is 14.8 Å². The third-order valence-electron chi connectivity index (χ3n) is 4.22. The van der Waals surface area contributed by atoms with Gasteiger partial charge < -0.3 is 5.32 Å². The number of aromatic nitrogens is 4. The van der Waals surface area contributed by atoms with Crippen molar-refractivity contribution in [1.82, 2.24) is 19.9 Å². The van der Waals surface area contributed by atoms with Crippen molar-refractivity contribution < 1.29 is 4.79 Å². The van der Waals surface area contributed by atoms with E-state index in [1.165, 1.54) is 0 Å². The fourth-order valence-corrected chi connectivity index (χ4v) is 3.35. The number of pyridine rings is 2. The van der Waals surface area contributed by atoms with Gasteiger partial charge in [0.2, 0.25) is 5.91 Å². The Balaban J connectivity index is 1.68. The van der Waals surface area contributed by atoms with E-state index < -0.39 is 0 Å². The van der Waals surface area contributed by atoms with Crippen LogP contribution in [0.3, 0.4) is 0 Å². The highest BCUT2D eigenvalue weighted by Crippen LogP contribution is 2.26. The second-order valence-electron chi connectivity index (χ2n) is 6.15. The summed E-state index contributed by atoms with van der Waals surface area (Å²) in [5.41, 5.74) is 2.22. The molecule has 0 bridgehead atoms. The fraction of sp³-hybridized carbons (Fsp3) is 0.0952. The average molecular weight is 387 g/mol. The van der Waals surface area contributed by atoms with Gasteiger partial charge in [0.25, 0.3) is 0 Å². The molecule has 4 aromatic heterocycles. The minimum atomic E-state index is -0.354. The SMILES string of the molecule is CC(C(=O)Nc1cc(-c2ccccn2)nc(-c2cccs2)n1)c1cccnc1. The van der Waals surface area contributed by atoms with Crippen molar-refractivity contribution in [2.75, 3.05) is 5.32 Å². The minimum Gasteiger partial charge on any atom is -0.310 e. The van der Waals surface area contributed by atoms with Gasteiger partial charge in [0.15, 0.2) is 5.82 Å². The van der Waals surface area contributed by atoms with E-state index in [1.807, 2.05) is 54.8 Å². The minimum absolute atomic E-state index is 0.157. The van der Waals surface area contributed by atoms with Gasteiger partial charge in [-0.15, -0.1) is 11.3 Å². The van der Waals surface area contributed by atoms with Gasteiger partial charge in [-0.05, 0) is 42.1 Å². The van der Waals surface area contributed by atoms with Gasteiger partial charge in [0, 0.05) is 24.7 Å². The van der Waals surface area contributed by atoms with Crippen LogP contribution in [-0.2, 0) is 4.79 Å². The summed E-state index contributed by atoms with van der Waals surface area (Å²) in [5, 5.41) is 4.88. The zero-order valence-electron chi connectivity index (χ0n) is 15.1. The van der Waals surface area contributed by atoms with E-state index >= 15 is 0 Å². The lowest BCUT2D eigenvalue weighted by Crippen LogP contribution is -2.20. The molecule has 7 heteroatoms. The van der Waals surface area contributed by atoms with Crippen molar-refractivity contribution in [2.45, 2.75) is 12.8 Å². The normalized spacial score (nSPS) is 11.8. The molecule has 4 rings (SSSR count). The van der Waals surface area contributed by atoms with E-state index in [0.29, 0.717) is 17.3 Å². The van der Waals surface area contributed by atoms with E-state index in [2.05, 4.69) is 25.3 Å². The molecule has 0 radical (unpaired) electrons. The number of amides is 1. The van der Waals surface area contributed by atoms with Crippen LogP contribution in [-0.4, -0.2) is 25.8 Å². The second-order valence-corrected chi connectivity index (χ2v) is 7.10. The number of hydrogen-bond donors (Lipinski definition) is 1. The van der Waals surface area contributed by atoms with Gasteiger partial charge in [0.1, 0.15) is 5.82 Å². The first-order valence-electron chi connectivity index (χ1n) is 8.76. The Morgan fingerprint density at radius 3 is 2.68 bits per heavy atom. The zero-order valence-corrected chi connectivity index (χ0v) is 15.9. The Morgan fingerprint density at radius 1 is 1.04 bits per heavy atom. The highest BCUT2D eigenvalue weighted by Gasteiger charge is 2.18. The van der Waals surface area contributed by atoms with E-state index in [9.17, 15) is 4.79 Å². The molecule has 1 amide bonds. The summed E-state index contributed by atoms with van der Waals surface area (Å²) in [6, 6.07) is 15.0. The van der Waals surface area contributed by atoms with Crippen LogP contribution < -0.4 is 5.32 Å².